The van der Waals surface area contributed by atoms with Crippen LogP contribution in [0.1, 0.15) is 54.0 Å². The molecule has 1 atom stereocenters. The summed E-state index contributed by atoms with van der Waals surface area (Å²) in [6.07, 6.45) is -5.28. The van der Waals surface area contributed by atoms with Crippen LogP contribution in [0.5, 0.6) is 5.75 Å². The molecule has 0 saturated heterocycles. The highest BCUT2D eigenvalue weighted by Crippen LogP contribution is 2.26. The van der Waals surface area contributed by atoms with Crippen molar-refractivity contribution in [1.29, 1.82) is 0 Å². The fourth-order valence-corrected chi connectivity index (χ4v) is 2.69. The van der Waals surface area contributed by atoms with Crippen LogP contribution < -0.4 is 10.1 Å². The molecule has 0 spiro atoms. The van der Waals surface area contributed by atoms with Crippen molar-refractivity contribution >= 4 is 11.9 Å². The summed E-state index contributed by atoms with van der Waals surface area (Å²) in [5.74, 6) is -2.06. The summed E-state index contributed by atoms with van der Waals surface area (Å²) in [7, 11) is 1.69. The maximum absolute atomic E-state index is 12.5. The third-order valence-electron chi connectivity index (χ3n) is 3.94. The van der Waals surface area contributed by atoms with Crippen LogP contribution in [0.15, 0.2) is 30.3 Å². The first-order valence-corrected chi connectivity index (χ1v) is 8.38. The van der Waals surface area contributed by atoms with E-state index in [1.54, 1.807) is 17.8 Å². The lowest BCUT2D eigenvalue weighted by Crippen LogP contribution is -2.30. The van der Waals surface area contributed by atoms with Gasteiger partial charge in [0.25, 0.3) is 5.91 Å². The minimum absolute atomic E-state index is 0.124. The molecule has 0 aliphatic heterocycles. The Hall–Kier alpha value is -3.04. The highest BCUT2D eigenvalue weighted by molar-refractivity contribution is 5.93. The third-order valence-corrected chi connectivity index (χ3v) is 3.94. The van der Waals surface area contributed by atoms with Gasteiger partial charge in [-0.3, -0.25) is 14.3 Å². The Balaban J connectivity index is 2.20. The molecular formula is C18H20F3N3O4. The fourth-order valence-electron chi connectivity index (χ4n) is 2.69. The summed E-state index contributed by atoms with van der Waals surface area (Å²) in [6.45, 7) is 3.88. The maximum atomic E-state index is 12.5. The number of ether oxygens (including phenoxy) is 1. The summed E-state index contributed by atoms with van der Waals surface area (Å²) in [5.41, 5.74) is 1.28. The van der Waals surface area contributed by atoms with E-state index in [1.165, 1.54) is 12.1 Å². The standard InChI is InChI=1S/C18H20F3N3O4/c1-10(2)15-8-14(23-24(15)3)17(27)22-13(9-16(25)26)11-4-6-12(7-5-11)28-18(19,20)21/h4-8,10,13H,9H2,1-3H3,(H,22,27)(H,25,26). The van der Waals surface area contributed by atoms with Crippen LogP contribution in [-0.2, 0) is 11.8 Å². The zero-order valence-electron chi connectivity index (χ0n) is 15.4. The molecule has 0 aliphatic rings. The minimum atomic E-state index is -4.83. The molecule has 2 aromatic rings. The van der Waals surface area contributed by atoms with E-state index in [9.17, 15) is 22.8 Å². The number of carboxylic acids is 1. The van der Waals surface area contributed by atoms with Gasteiger partial charge < -0.3 is 15.2 Å². The maximum Gasteiger partial charge on any atom is 0.573 e. The van der Waals surface area contributed by atoms with Gasteiger partial charge in [0.05, 0.1) is 12.5 Å². The van der Waals surface area contributed by atoms with Crippen molar-refractivity contribution in [3.05, 3.63) is 47.3 Å². The van der Waals surface area contributed by atoms with Crippen molar-refractivity contribution in [3.63, 3.8) is 0 Å². The van der Waals surface area contributed by atoms with Gasteiger partial charge in [-0.05, 0) is 29.7 Å². The number of nitrogens with zero attached hydrogens (tertiary/aromatic N) is 2. The molecule has 0 bridgehead atoms. The van der Waals surface area contributed by atoms with Crippen molar-refractivity contribution in [1.82, 2.24) is 15.1 Å². The third kappa shape index (κ3) is 5.73. The van der Waals surface area contributed by atoms with Gasteiger partial charge in [-0.1, -0.05) is 26.0 Å². The van der Waals surface area contributed by atoms with E-state index < -0.39 is 36.5 Å². The minimum Gasteiger partial charge on any atom is -0.481 e. The van der Waals surface area contributed by atoms with Gasteiger partial charge in [-0.2, -0.15) is 5.10 Å². The Bertz CT molecular complexity index is 845. The Morgan fingerprint density at radius 3 is 2.32 bits per heavy atom. The lowest BCUT2D eigenvalue weighted by Gasteiger charge is -2.17. The largest absolute Gasteiger partial charge is 0.573 e. The molecule has 10 heteroatoms. The van der Waals surface area contributed by atoms with Crippen molar-refractivity contribution < 1.29 is 32.6 Å². The van der Waals surface area contributed by atoms with Crippen molar-refractivity contribution in [3.8, 4) is 5.75 Å². The van der Waals surface area contributed by atoms with Crippen molar-refractivity contribution in [2.75, 3.05) is 0 Å². The average Bonchev–Trinajstić information content (AvgIpc) is 2.95. The van der Waals surface area contributed by atoms with E-state index in [-0.39, 0.29) is 11.6 Å². The predicted molar refractivity (Wildman–Crippen MR) is 92.9 cm³/mol. The van der Waals surface area contributed by atoms with Crippen LogP contribution in [0.4, 0.5) is 13.2 Å². The Morgan fingerprint density at radius 2 is 1.86 bits per heavy atom. The van der Waals surface area contributed by atoms with E-state index in [0.29, 0.717) is 5.56 Å². The zero-order valence-corrected chi connectivity index (χ0v) is 15.4. The van der Waals surface area contributed by atoms with E-state index >= 15 is 0 Å². The molecule has 152 valence electrons. The molecule has 0 saturated carbocycles. The smallest absolute Gasteiger partial charge is 0.481 e. The average molecular weight is 399 g/mol. The van der Waals surface area contributed by atoms with Crippen LogP contribution >= 0.6 is 0 Å². The first-order chi connectivity index (χ1) is 13.0. The van der Waals surface area contributed by atoms with Crippen molar-refractivity contribution in [2.45, 2.75) is 38.6 Å². The highest BCUT2D eigenvalue weighted by atomic mass is 19.4. The Labute approximate surface area is 159 Å². The van der Waals surface area contributed by atoms with E-state index in [4.69, 9.17) is 5.11 Å². The van der Waals surface area contributed by atoms with Crippen LogP contribution in [0.3, 0.4) is 0 Å². The van der Waals surface area contributed by atoms with Gasteiger partial charge >= 0.3 is 12.3 Å². The molecule has 1 amide bonds. The number of aryl methyl sites for hydroxylation is 1. The SMILES string of the molecule is CC(C)c1cc(C(=O)NC(CC(=O)O)c2ccc(OC(F)(F)F)cc2)nn1C. The topological polar surface area (TPSA) is 93.5 Å². The van der Waals surface area contributed by atoms with Gasteiger partial charge in [0.15, 0.2) is 0 Å². The summed E-state index contributed by atoms with van der Waals surface area (Å²) in [4.78, 5) is 23.7. The number of aromatic nitrogens is 2. The molecule has 2 N–H and O–H groups in total. The normalized spacial score (nSPS) is 12.7. The number of halogens is 3. The van der Waals surface area contributed by atoms with Crippen LogP contribution in [0.25, 0.3) is 0 Å². The fraction of sp³-hybridized carbons (Fsp3) is 0.389. The molecule has 0 aliphatic carbocycles. The number of carboxylic acid groups (broad SMARTS) is 1. The summed E-state index contributed by atoms with van der Waals surface area (Å²) in [6, 6.07) is 5.32. The molecule has 1 unspecified atom stereocenters. The number of nitrogens with one attached hydrogen (secondary N) is 1. The van der Waals surface area contributed by atoms with Crippen LogP contribution in [-0.4, -0.2) is 33.1 Å². The monoisotopic (exact) mass is 399 g/mol. The molecule has 2 rings (SSSR count). The number of rotatable bonds is 7. The summed E-state index contributed by atoms with van der Waals surface area (Å²) < 4.78 is 42.1. The second-order valence-electron chi connectivity index (χ2n) is 6.47. The van der Waals surface area contributed by atoms with Crippen LogP contribution in [0, 0.1) is 0 Å². The molecule has 0 radical (unpaired) electrons. The molecule has 1 aromatic carbocycles. The number of hydrogen-bond acceptors (Lipinski definition) is 4. The number of carbonyl (C=O) groups excluding carboxylic acids is 1. The van der Waals surface area contributed by atoms with Crippen LogP contribution in [0.2, 0.25) is 0 Å². The van der Waals surface area contributed by atoms with E-state index in [0.717, 1.165) is 17.8 Å². The Morgan fingerprint density at radius 1 is 1.25 bits per heavy atom. The lowest BCUT2D eigenvalue weighted by molar-refractivity contribution is -0.274. The van der Waals surface area contributed by atoms with Gasteiger partial charge in [0.2, 0.25) is 0 Å². The van der Waals surface area contributed by atoms with Gasteiger partial charge in [0.1, 0.15) is 11.4 Å². The molecule has 0 fully saturated rings. The van der Waals surface area contributed by atoms with Gasteiger partial charge in [-0.25, -0.2) is 0 Å². The predicted octanol–water partition coefficient (Wildman–Crippen LogP) is 3.39. The quantitative estimate of drug-likeness (QED) is 0.745. The molecule has 1 heterocycles. The number of carbonyl (C=O) groups is 2. The Kier molecular flexibility index (Phi) is 6.32. The number of benzene rings is 1. The van der Waals surface area contributed by atoms with Gasteiger partial charge in [0, 0.05) is 12.7 Å². The molecule has 7 nitrogen and oxygen atoms in total. The second-order valence-corrected chi connectivity index (χ2v) is 6.47. The number of hydrogen-bond donors (Lipinski definition) is 2. The first kappa shape index (κ1) is 21.3. The van der Waals surface area contributed by atoms with Crippen molar-refractivity contribution in [2.24, 2.45) is 7.05 Å². The molecule has 28 heavy (non-hydrogen) atoms. The van der Waals surface area contributed by atoms with Gasteiger partial charge in [-0.15, -0.1) is 13.2 Å². The number of amides is 1. The van der Waals surface area contributed by atoms with E-state index in [2.05, 4.69) is 15.2 Å². The molecular weight excluding hydrogens is 379 g/mol. The zero-order chi connectivity index (χ0) is 21.1. The summed E-state index contributed by atoms with van der Waals surface area (Å²) >= 11 is 0. The molecule has 1 aromatic heterocycles. The number of alkyl halides is 3. The highest BCUT2D eigenvalue weighted by Gasteiger charge is 2.31. The number of aliphatic carboxylic acids is 1. The second kappa shape index (κ2) is 8.32. The van der Waals surface area contributed by atoms with E-state index in [1.807, 2.05) is 13.8 Å². The summed E-state index contributed by atoms with van der Waals surface area (Å²) in [5, 5.41) is 15.8. The lowest BCUT2D eigenvalue weighted by atomic mass is 10.0. The first-order valence-electron chi connectivity index (χ1n) is 8.38.